The van der Waals surface area contributed by atoms with E-state index in [1.165, 1.54) is 7.11 Å². The Morgan fingerprint density at radius 2 is 2.50 bits per heavy atom. The van der Waals surface area contributed by atoms with Gasteiger partial charge in [0.1, 0.15) is 0 Å². The number of aliphatic hydroxyl groups is 1. The summed E-state index contributed by atoms with van der Waals surface area (Å²) in [4.78, 5) is 10.9. The fourth-order valence-corrected chi connectivity index (χ4v) is 1.43. The molecule has 1 aliphatic heterocycles. The van der Waals surface area contributed by atoms with Crippen molar-refractivity contribution in [3.63, 3.8) is 0 Å². The fraction of sp³-hybridized carbons (Fsp3) is 0.875. The summed E-state index contributed by atoms with van der Waals surface area (Å²) in [5.74, 6) is -0.167. The van der Waals surface area contributed by atoms with Crippen LogP contribution in [0.15, 0.2) is 0 Å². The van der Waals surface area contributed by atoms with Crippen LogP contribution in [0.2, 0.25) is 0 Å². The zero-order chi connectivity index (χ0) is 8.97. The Kier molecular flexibility index (Phi) is 3.49. The lowest BCUT2D eigenvalue weighted by atomic mass is 9.92. The first-order valence-electron chi connectivity index (χ1n) is 4.19. The molecule has 0 unspecified atom stereocenters. The van der Waals surface area contributed by atoms with Crippen molar-refractivity contribution in [2.75, 3.05) is 20.2 Å². The van der Waals surface area contributed by atoms with Crippen molar-refractivity contribution in [3.8, 4) is 0 Å². The Hall–Kier alpha value is -0.610. The highest BCUT2D eigenvalue weighted by atomic mass is 16.5. The van der Waals surface area contributed by atoms with Crippen LogP contribution in [0.4, 0.5) is 0 Å². The van der Waals surface area contributed by atoms with Gasteiger partial charge < -0.3 is 15.2 Å². The standard InChI is InChI=1S/C8H15NO3/c1-12-8(11)4-6-2-3-9-5-7(6)10/h6-7,9-10H,2-5H2,1H3/t6-,7+/m1/s1. The maximum atomic E-state index is 10.9. The van der Waals surface area contributed by atoms with E-state index in [0.717, 1.165) is 13.0 Å². The van der Waals surface area contributed by atoms with Crippen LogP contribution in [0.25, 0.3) is 0 Å². The number of rotatable bonds is 2. The fourth-order valence-electron chi connectivity index (χ4n) is 1.43. The molecule has 1 rings (SSSR count). The van der Waals surface area contributed by atoms with Gasteiger partial charge in [-0.05, 0) is 18.9 Å². The van der Waals surface area contributed by atoms with Crippen molar-refractivity contribution in [2.45, 2.75) is 18.9 Å². The Bertz CT molecular complexity index is 160. The molecule has 0 aromatic carbocycles. The smallest absolute Gasteiger partial charge is 0.305 e. The van der Waals surface area contributed by atoms with Gasteiger partial charge in [0.05, 0.1) is 19.6 Å². The molecular formula is C8H15NO3. The molecule has 0 amide bonds. The molecule has 0 spiro atoms. The number of aliphatic hydroxyl groups excluding tert-OH is 1. The maximum Gasteiger partial charge on any atom is 0.305 e. The molecule has 4 nitrogen and oxygen atoms in total. The molecule has 0 bridgehead atoms. The minimum absolute atomic E-state index is 0.0682. The summed E-state index contributed by atoms with van der Waals surface area (Å²) in [7, 11) is 1.37. The van der Waals surface area contributed by atoms with Crippen LogP contribution in [0.3, 0.4) is 0 Å². The normalized spacial score (nSPS) is 29.8. The Morgan fingerprint density at radius 1 is 1.75 bits per heavy atom. The molecule has 0 aliphatic carbocycles. The monoisotopic (exact) mass is 173 g/mol. The molecule has 1 saturated heterocycles. The first kappa shape index (κ1) is 9.48. The van der Waals surface area contributed by atoms with Crippen LogP contribution in [-0.4, -0.2) is 37.4 Å². The average molecular weight is 173 g/mol. The minimum atomic E-state index is -0.405. The highest BCUT2D eigenvalue weighted by Gasteiger charge is 2.25. The van der Waals surface area contributed by atoms with Gasteiger partial charge in [-0.25, -0.2) is 0 Å². The van der Waals surface area contributed by atoms with E-state index in [-0.39, 0.29) is 11.9 Å². The molecule has 1 aliphatic rings. The molecule has 12 heavy (non-hydrogen) atoms. The molecule has 0 saturated carbocycles. The van der Waals surface area contributed by atoms with E-state index >= 15 is 0 Å². The summed E-state index contributed by atoms with van der Waals surface area (Å²) in [6.45, 7) is 1.46. The van der Waals surface area contributed by atoms with E-state index in [4.69, 9.17) is 0 Å². The van der Waals surface area contributed by atoms with Crippen LogP contribution in [0.1, 0.15) is 12.8 Å². The third-order valence-corrected chi connectivity index (χ3v) is 2.25. The molecule has 2 atom stereocenters. The van der Waals surface area contributed by atoms with Gasteiger partial charge in [-0.1, -0.05) is 0 Å². The lowest BCUT2D eigenvalue weighted by Gasteiger charge is -2.27. The summed E-state index contributed by atoms with van der Waals surface area (Å²) in [6, 6.07) is 0. The molecule has 0 radical (unpaired) electrons. The predicted molar refractivity (Wildman–Crippen MR) is 43.6 cm³/mol. The molecular weight excluding hydrogens is 158 g/mol. The summed E-state index contributed by atoms with van der Waals surface area (Å²) in [5, 5.41) is 12.5. The maximum absolute atomic E-state index is 10.9. The van der Waals surface area contributed by atoms with Crippen molar-refractivity contribution in [3.05, 3.63) is 0 Å². The molecule has 1 fully saturated rings. The van der Waals surface area contributed by atoms with Crippen LogP contribution in [-0.2, 0) is 9.53 Å². The van der Waals surface area contributed by atoms with Crippen LogP contribution in [0, 0.1) is 5.92 Å². The molecule has 70 valence electrons. The van der Waals surface area contributed by atoms with E-state index in [1.54, 1.807) is 0 Å². The van der Waals surface area contributed by atoms with Crippen LogP contribution >= 0.6 is 0 Å². The van der Waals surface area contributed by atoms with E-state index < -0.39 is 6.10 Å². The summed E-state index contributed by atoms with van der Waals surface area (Å²) in [5.41, 5.74) is 0. The lowest BCUT2D eigenvalue weighted by molar-refractivity contribution is -0.143. The van der Waals surface area contributed by atoms with E-state index in [1.807, 2.05) is 0 Å². The van der Waals surface area contributed by atoms with Gasteiger partial charge in [0.25, 0.3) is 0 Å². The second-order valence-electron chi connectivity index (χ2n) is 3.10. The SMILES string of the molecule is COC(=O)C[C@H]1CCNC[C@@H]1O. The molecule has 0 aromatic heterocycles. The zero-order valence-corrected chi connectivity index (χ0v) is 7.25. The third kappa shape index (κ3) is 2.46. The van der Waals surface area contributed by atoms with Crippen molar-refractivity contribution >= 4 is 5.97 Å². The van der Waals surface area contributed by atoms with Crippen LogP contribution < -0.4 is 5.32 Å². The van der Waals surface area contributed by atoms with E-state index in [9.17, 15) is 9.90 Å². The number of ether oxygens (including phenoxy) is 1. The van der Waals surface area contributed by atoms with Gasteiger partial charge >= 0.3 is 5.97 Å². The largest absolute Gasteiger partial charge is 0.469 e. The highest BCUT2D eigenvalue weighted by Crippen LogP contribution is 2.16. The molecule has 1 heterocycles. The Morgan fingerprint density at radius 3 is 3.08 bits per heavy atom. The van der Waals surface area contributed by atoms with Gasteiger partial charge in [-0.3, -0.25) is 4.79 Å². The van der Waals surface area contributed by atoms with Crippen molar-refractivity contribution in [1.82, 2.24) is 5.32 Å². The van der Waals surface area contributed by atoms with Crippen LogP contribution in [0.5, 0.6) is 0 Å². The van der Waals surface area contributed by atoms with Gasteiger partial charge in [-0.15, -0.1) is 0 Å². The van der Waals surface area contributed by atoms with Gasteiger partial charge in [0.15, 0.2) is 0 Å². The number of esters is 1. The van der Waals surface area contributed by atoms with Gasteiger partial charge in [0, 0.05) is 6.54 Å². The topological polar surface area (TPSA) is 58.6 Å². The van der Waals surface area contributed by atoms with Crippen molar-refractivity contribution < 1.29 is 14.6 Å². The number of hydrogen-bond acceptors (Lipinski definition) is 4. The number of β-amino-alcohol motifs (C(OH)–C–C–N with tert-alkyl or cyclic N) is 1. The Labute approximate surface area is 71.9 Å². The van der Waals surface area contributed by atoms with Crippen molar-refractivity contribution in [1.29, 1.82) is 0 Å². The molecule has 4 heteroatoms. The lowest BCUT2D eigenvalue weighted by Crippen LogP contribution is -2.41. The van der Waals surface area contributed by atoms with Gasteiger partial charge in [-0.2, -0.15) is 0 Å². The molecule has 2 N–H and O–H groups in total. The summed E-state index contributed by atoms with van der Waals surface area (Å²) < 4.78 is 4.53. The minimum Gasteiger partial charge on any atom is -0.469 e. The molecule has 0 aromatic rings. The number of piperidine rings is 1. The first-order valence-corrected chi connectivity index (χ1v) is 4.19. The predicted octanol–water partition coefficient (Wildman–Crippen LogP) is -0.480. The Balaban J connectivity index is 2.33. The zero-order valence-electron chi connectivity index (χ0n) is 7.25. The van der Waals surface area contributed by atoms with Gasteiger partial charge in [0.2, 0.25) is 0 Å². The number of hydrogen-bond donors (Lipinski definition) is 2. The number of methoxy groups -OCH3 is 1. The first-order chi connectivity index (χ1) is 5.74. The van der Waals surface area contributed by atoms with E-state index in [2.05, 4.69) is 10.1 Å². The second-order valence-corrected chi connectivity index (χ2v) is 3.10. The number of carbonyl (C=O) groups is 1. The second kappa shape index (κ2) is 4.42. The summed E-state index contributed by atoms with van der Waals surface area (Å²) in [6.07, 6.45) is 0.771. The number of nitrogens with one attached hydrogen (secondary N) is 1. The van der Waals surface area contributed by atoms with E-state index in [0.29, 0.717) is 13.0 Å². The average Bonchev–Trinajstić information content (AvgIpc) is 2.09. The number of carbonyl (C=O) groups excluding carboxylic acids is 1. The third-order valence-electron chi connectivity index (χ3n) is 2.25. The quantitative estimate of drug-likeness (QED) is 0.554. The highest BCUT2D eigenvalue weighted by molar-refractivity contribution is 5.69. The van der Waals surface area contributed by atoms with Crippen molar-refractivity contribution in [2.24, 2.45) is 5.92 Å². The summed E-state index contributed by atoms with van der Waals surface area (Å²) >= 11 is 0.